The Morgan fingerprint density at radius 1 is 0.432 bits per heavy atom. The van der Waals surface area contributed by atoms with Gasteiger partial charge in [-0.1, -0.05) is 314 Å². The molecule has 4 aliphatic heterocycles. The smallest absolute Gasteiger partial charge is 0.260 e. The van der Waals surface area contributed by atoms with Crippen LogP contribution in [0.4, 0.5) is 28.4 Å². The van der Waals surface area contributed by atoms with Gasteiger partial charge in [-0.2, -0.15) is 0 Å². The van der Waals surface area contributed by atoms with Crippen LogP contribution in [0.1, 0.15) is 186 Å². The van der Waals surface area contributed by atoms with Gasteiger partial charge in [-0.25, -0.2) is 0 Å². The topological polar surface area (TPSA) is 29.9 Å². The summed E-state index contributed by atoms with van der Waals surface area (Å²) in [4.78, 5) is 4.70. The predicted molar refractivity (Wildman–Crippen MR) is 470 cm³/mol. The number of benzene rings is 12. The summed E-state index contributed by atoms with van der Waals surface area (Å²) in [5, 5.41) is -0.433. The van der Waals surface area contributed by atoms with Gasteiger partial charge in [0.2, 0.25) is 0 Å². The third-order valence-corrected chi connectivity index (χ3v) is 26.1. The average Bonchev–Trinajstić information content (AvgIpc) is 1.63. The van der Waals surface area contributed by atoms with Crippen LogP contribution in [0, 0.1) is 35.0 Å². The molecule has 111 heavy (non-hydrogen) atoms. The van der Waals surface area contributed by atoms with Crippen LogP contribution in [0.3, 0.4) is 0 Å². The second-order valence-electron chi connectivity index (χ2n) is 35.8. The van der Waals surface area contributed by atoms with Crippen LogP contribution >= 0.6 is 0 Å². The Labute approximate surface area is 684 Å². The first-order valence-corrected chi connectivity index (χ1v) is 40.6. The van der Waals surface area contributed by atoms with Gasteiger partial charge in [0, 0.05) is 67.8 Å². The van der Waals surface area contributed by atoms with Crippen molar-refractivity contribution in [3.8, 4) is 73.2 Å². The Bertz CT molecular complexity index is 6650. The van der Waals surface area contributed by atoms with Gasteiger partial charge in [0.1, 0.15) is 23.0 Å². The summed E-state index contributed by atoms with van der Waals surface area (Å²) < 4.78 is 203. The fourth-order valence-electron chi connectivity index (χ4n) is 20.4. The maximum absolute atomic E-state index is 12.0. The molecule has 2 atom stereocenters. The number of nitrogens with zero attached hydrogens (tertiary/aromatic N) is 3. The van der Waals surface area contributed by atoms with E-state index < -0.39 is 84.7 Å². The van der Waals surface area contributed by atoms with Crippen molar-refractivity contribution in [3.05, 3.63) is 277 Å². The molecule has 0 amide bonds. The molecule has 3 saturated carbocycles. The van der Waals surface area contributed by atoms with Gasteiger partial charge in [-0.15, -0.1) is 0 Å². The number of hydrogen-bond donors (Lipinski definition) is 0. The monoisotopic (exact) mass is 1470 g/mol. The van der Waals surface area contributed by atoms with Gasteiger partial charge in [0.15, 0.2) is 6.71 Å². The van der Waals surface area contributed by atoms with Crippen molar-refractivity contribution in [3.63, 3.8) is 0 Å². The summed E-state index contributed by atoms with van der Waals surface area (Å²) in [6.07, 6.45) is 11.5. The molecule has 0 radical (unpaired) electrons. The van der Waals surface area contributed by atoms with Crippen LogP contribution in [0.5, 0.6) is 23.0 Å². The zero-order valence-electron chi connectivity index (χ0n) is 83.0. The Hall–Kier alpha value is -10.2. The van der Waals surface area contributed by atoms with Gasteiger partial charge >= 0.3 is 0 Å². The fourth-order valence-corrected chi connectivity index (χ4v) is 20.4. The van der Waals surface area contributed by atoms with Crippen molar-refractivity contribution >= 4 is 85.5 Å². The molecule has 0 saturated heterocycles. The summed E-state index contributed by atoms with van der Waals surface area (Å²) >= 11 is 0. The summed E-state index contributed by atoms with van der Waals surface area (Å²) in [5.41, 5.74) is 8.58. The van der Waals surface area contributed by atoms with E-state index in [2.05, 4.69) is 121 Å². The molecule has 2 unspecified atom stereocenters. The molecule has 0 bridgehead atoms. The number of hydrogen-bond acceptors (Lipinski definition) is 4. The van der Waals surface area contributed by atoms with Crippen LogP contribution in [0.25, 0.3) is 72.0 Å². The number of ether oxygens (including phenoxy) is 2. The number of anilines is 5. The lowest BCUT2D eigenvalue weighted by Crippen LogP contribution is -2.57. The zero-order valence-corrected chi connectivity index (χ0v) is 65.0. The van der Waals surface area contributed by atoms with Crippen LogP contribution < -0.4 is 41.1 Å². The number of fused-ring (bicyclic) bond motifs is 10. The highest BCUT2D eigenvalue weighted by Crippen LogP contribution is 2.60. The number of aromatic nitrogens is 1. The SMILES string of the molecule is [2H]c1c([2H])c(-n2c3c([2H])c([2H])c([2H])c([2H])c3c3c([2H])c([2H])c([2H])c([2H])c32)c([2H])c2c1CB1Cc3c4c5c(c([2H])c3N(c3c(-c6ccccc6)cc(C(C)(C)C)cc3-c3ccccc3)c3cc(C(C)(C)C)cc(c31)N2C1C(C2CCCCC2)CC(C(C)(C)C)CC1C1CCCCC1)Oc1c([2H])c([2H])c(-c2ccccc2)c([2H])c1B5c1c([2H])c(-c2ccccc2)c([2H])c([2H])c1O4. The van der Waals surface area contributed by atoms with Crippen LogP contribution in [0.2, 0.25) is 0 Å². The molecule has 20 rings (SSSR count). The third kappa shape index (κ3) is 12.1. The highest BCUT2D eigenvalue weighted by atomic mass is 16.5. The van der Waals surface area contributed by atoms with E-state index in [0.717, 1.165) is 116 Å². The summed E-state index contributed by atoms with van der Waals surface area (Å²) in [6.45, 7) is 18.1. The Morgan fingerprint density at radius 3 is 1.45 bits per heavy atom. The van der Waals surface area contributed by atoms with Gasteiger partial charge in [0.25, 0.3) is 6.71 Å². The largest absolute Gasteiger partial charge is 0.458 e. The first kappa shape index (κ1) is 52.8. The van der Waals surface area contributed by atoms with E-state index in [-0.39, 0.29) is 186 Å². The zero-order chi connectivity index (χ0) is 90.8. The van der Waals surface area contributed by atoms with Crippen molar-refractivity contribution in [2.75, 3.05) is 9.80 Å². The van der Waals surface area contributed by atoms with Gasteiger partial charge < -0.3 is 23.8 Å². The quantitative estimate of drug-likeness (QED) is 0.135. The van der Waals surface area contributed by atoms with E-state index in [1.54, 1.807) is 48.5 Å². The van der Waals surface area contributed by atoms with Crippen LogP contribution in [-0.4, -0.2) is 24.0 Å². The number of rotatable bonds is 9. The standard InChI is InChI=1S/C104H103B2N3O2/c1-102(2,3)75-56-81(68-36-20-12-21-37-68)99(82(57-75)69-38-22-13-23-39-69)108-90-62-78(107-88-46-30-28-44-79(88)80-45-29-31-47-89(80)107)51-48-74(90)64-105-65-85-91(63-96-98-101(85)111-95-53-50-73(67-34-18-11-19-35-67)55-87(95)106(98)86-54-72(49-52-94(86)110-96)66-32-16-10-17-33-66)109(93-61-77(104(7,8)9)60-92(108)97(93)105)100-83(70-40-24-14-25-41-70)58-76(103(4,5)6)59-84(100)71-42-26-15-27-43-71/h10-11,14-19,24-35,40-55,58-63,68-69,75,81-82,99H,12-13,20-23,36-39,56-57,64-65H2,1-9H3/i28D,29D,30D,31D,44D,45D,46D,47D,48D,49D,50D,51D,52D,53D,54D,55D,62D,63D. The van der Waals surface area contributed by atoms with E-state index in [1.807, 2.05) is 48.5 Å². The van der Waals surface area contributed by atoms with Crippen molar-refractivity contribution in [2.45, 2.75) is 169 Å². The fraction of sp³-hybridized carbons (Fsp3) is 0.308. The lowest BCUT2D eigenvalue weighted by atomic mass is 9.34. The van der Waals surface area contributed by atoms with Crippen molar-refractivity contribution in [1.29, 1.82) is 0 Å². The third-order valence-electron chi connectivity index (χ3n) is 26.1. The highest BCUT2D eigenvalue weighted by molar-refractivity contribution is 6.98. The van der Waals surface area contributed by atoms with Crippen molar-refractivity contribution in [1.82, 2.24) is 4.57 Å². The minimum atomic E-state index is -1.34. The van der Waals surface area contributed by atoms with E-state index in [0.29, 0.717) is 45.0 Å². The first-order chi connectivity index (χ1) is 61.5. The molecule has 5 heterocycles. The molecule has 7 heteroatoms. The van der Waals surface area contributed by atoms with E-state index in [9.17, 15) is 24.7 Å². The lowest BCUT2D eigenvalue weighted by molar-refractivity contribution is 0.0147. The molecular formula is C104H103B2N3O2. The summed E-state index contributed by atoms with van der Waals surface area (Å²) in [5.74, 6) is 0.138. The molecule has 12 aromatic carbocycles. The minimum Gasteiger partial charge on any atom is -0.458 e. The molecule has 0 spiro atoms. The Morgan fingerprint density at radius 2 is 0.928 bits per heavy atom. The predicted octanol–water partition coefficient (Wildman–Crippen LogP) is 25.5. The maximum Gasteiger partial charge on any atom is 0.260 e. The molecular weight excluding hydrogens is 1340 g/mol. The Balaban J connectivity index is 1.00. The van der Waals surface area contributed by atoms with Crippen LogP contribution in [-0.2, 0) is 23.5 Å². The normalized spacial score (nSPS) is 21.3. The minimum absolute atomic E-state index is 0.0515. The summed E-state index contributed by atoms with van der Waals surface area (Å²) in [6, 6.07) is 39.2. The molecule has 5 nitrogen and oxygen atoms in total. The molecule has 552 valence electrons. The van der Waals surface area contributed by atoms with Crippen LogP contribution in [0.15, 0.2) is 254 Å². The summed E-state index contributed by atoms with van der Waals surface area (Å²) in [7, 11) is 0. The van der Waals surface area contributed by atoms with E-state index in [1.165, 1.54) is 4.57 Å². The van der Waals surface area contributed by atoms with Gasteiger partial charge in [-0.05, 0) is 198 Å². The maximum atomic E-state index is 12.0. The van der Waals surface area contributed by atoms with Crippen molar-refractivity contribution in [2.24, 2.45) is 35.0 Å². The second-order valence-corrected chi connectivity index (χ2v) is 35.8. The average molecular weight is 1470 g/mol. The molecule has 3 fully saturated rings. The molecule has 13 aromatic rings. The highest BCUT2D eigenvalue weighted by Gasteiger charge is 2.53. The Kier molecular flexibility index (Phi) is 13.0. The van der Waals surface area contributed by atoms with Gasteiger partial charge in [-0.3, -0.25) is 0 Å². The molecule has 1 aromatic heterocycles. The molecule has 0 N–H and O–H groups in total. The lowest BCUT2D eigenvalue weighted by Gasteiger charge is -2.56. The molecule has 7 aliphatic rings. The van der Waals surface area contributed by atoms with Gasteiger partial charge in [0.05, 0.1) is 47.1 Å². The number of para-hydroxylation sites is 2. The van der Waals surface area contributed by atoms with Crippen molar-refractivity contribution < 1.29 is 34.1 Å². The second kappa shape index (κ2) is 27.3. The van der Waals surface area contributed by atoms with E-state index >= 15 is 0 Å². The van der Waals surface area contributed by atoms with E-state index in [4.69, 9.17) is 9.47 Å². The first-order valence-electron chi connectivity index (χ1n) is 49.6. The molecule has 3 aliphatic carbocycles.